The molecule has 0 aliphatic rings. The highest BCUT2D eigenvalue weighted by Crippen LogP contribution is 2.35. The largest absolute Gasteiger partial charge is 0.321 e. The van der Waals surface area contributed by atoms with Gasteiger partial charge in [-0.05, 0) is 85.1 Å². The first-order chi connectivity index (χ1) is 24.6. The zero-order valence-electron chi connectivity index (χ0n) is 27.5. The van der Waals surface area contributed by atoms with E-state index in [9.17, 15) is 24.4 Å². The molecule has 256 valence electrons. The summed E-state index contributed by atoms with van der Waals surface area (Å²) >= 11 is 5.77. The lowest BCUT2D eigenvalue weighted by Gasteiger charge is -2.15. The normalized spacial score (nSPS) is 11.5. The summed E-state index contributed by atoms with van der Waals surface area (Å²) in [4.78, 5) is 54.2. The smallest absolute Gasteiger partial charge is 0.272 e. The molecule has 12 heteroatoms. The van der Waals surface area contributed by atoms with Crippen LogP contribution in [-0.2, 0) is 9.59 Å². The van der Waals surface area contributed by atoms with E-state index in [1.54, 1.807) is 73.7 Å². The van der Waals surface area contributed by atoms with Crippen LogP contribution in [0.2, 0.25) is 0 Å². The third kappa shape index (κ3) is 9.82. The van der Waals surface area contributed by atoms with Crippen molar-refractivity contribution in [3.8, 4) is 6.07 Å². The van der Waals surface area contributed by atoms with Crippen LogP contribution in [0.15, 0.2) is 124 Å². The number of nitrogens with zero attached hydrogens (tertiary/aromatic N) is 1. The Bertz CT molecular complexity index is 2130. The van der Waals surface area contributed by atoms with Crippen LogP contribution in [-0.4, -0.2) is 28.9 Å². The molecule has 1 unspecified atom stereocenters. The highest BCUT2D eigenvalue weighted by Gasteiger charge is 2.25. The summed E-state index contributed by atoms with van der Waals surface area (Å²) in [6, 6.07) is 34.1. The number of anilines is 3. The summed E-state index contributed by atoms with van der Waals surface area (Å²) in [7, 11) is 0. The number of nitriles is 1. The van der Waals surface area contributed by atoms with Crippen LogP contribution in [0.3, 0.4) is 0 Å². The van der Waals surface area contributed by atoms with Gasteiger partial charge in [-0.3, -0.25) is 19.2 Å². The molecule has 5 rings (SSSR count). The van der Waals surface area contributed by atoms with Crippen molar-refractivity contribution in [3.05, 3.63) is 146 Å². The topological polar surface area (TPSA) is 140 Å². The van der Waals surface area contributed by atoms with Crippen LogP contribution < -0.4 is 21.3 Å². The number of carbonyl (C=O) groups excluding carboxylic acids is 4. The van der Waals surface area contributed by atoms with E-state index in [4.69, 9.17) is 0 Å². The summed E-state index contributed by atoms with van der Waals surface area (Å²) in [5, 5.41) is 20.9. The maximum absolute atomic E-state index is 13.6. The molecule has 0 bridgehead atoms. The molecule has 4 amide bonds. The van der Waals surface area contributed by atoms with E-state index < -0.39 is 17.1 Å². The number of thioether (sulfide) groups is 1. The Morgan fingerprint density at radius 1 is 0.843 bits per heavy atom. The maximum Gasteiger partial charge on any atom is 0.272 e. The lowest BCUT2D eigenvalue weighted by Crippen LogP contribution is -2.30. The minimum absolute atomic E-state index is 0.0476. The lowest BCUT2D eigenvalue weighted by molar-refractivity contribution is -0.116. The van der Waals surface area contributed by atoms with Gasteiger partial charge in [-0.1, -0.05) is 77.5 Å². The first-order valence-corrected chi connectivity index (χ1v) is 18.3. The molecule has 9 nitrogen and oxygen atoms in total. The number of amides is 4. The van der Waals surface area contributed by atoms with Crippen molar-refractivity contribution in [3.63, 3.8) is 0 Å². The molecule has 0 saturated carbocycles. The number of thiophene rings is 1. The van der Waals surface area contributed by atoms with Crippen LogP contribution in [0.25, 0.3) is 6.08 Å². The molecule has 4 N–H and O–H groups in total. The minimum Gasteiger partial charge on any atom is -0.321 e. The van der Waals surface area contributed by atoms with E-state index in [-0.39, 0.29) is 23.1 Å². The number of hydrogen-bond donors (Lipinski definition) is 4. The van der Waals surface area contributed by atoms with E-state index in [0.29, 0.717) is 49.3 Å². The molecule has 1 heterocycles. The quantitative estimate of drug-likeness (QED) is 0.0737. The summed E-state index contributed by atoms with van der Waals surface area (Å²) < 4.78 is 0.874. The maximum atomic E-state index is 13.6. The van der Waals surface area contributed by atoms with Crippen molar-refractivity contribution in [1.82, 2.24) is 5.32 Å². The number of rotatable bonds is 12. The van der Waals surface area contributed by atoms with Crippen molar-refractivity contribution in [2.45, 2.75) is 30.4 Å². The monoisotopic (exact) mass is 777 g/mol. The molecule has 0 radical (unpaired) electrons. The average Bonchev–Trinajstić information content (AvgIpc) is 3.46. The number of hydrogen-bond acceptors (Lipinski definition) is 7. The van der Waals surface area contributed by atoms with E-state index in [2.05, 4.69) is 43.3 Å². The Morgan fingerprint density at radius 2 is 1.51 bits per heavy atom. The van der Waals surface area contributed by atoms with Crippen molar-refractivity contribution >= 4 is 85.1 Å². The van der Waals surface area contributed by atoms with Crippen LogP contribution in [0.4, 0.5) is 16.4 Å². The Labute approximate surface area is 312 Å². The van der Waals surface area contributed by atoms with E-state index in [1.165, 1.54) is 11.8 Å². The Balaban J connectivity index is 1.29. The molecule has 1 aromatic heterocycles. The first kappa shape index (κ1) is 36.8. The Morgan fingerprint density at radius 3 is 2.18 bits per heavy atom. The van der Waals surface area contributed by atoms with Gasteiger partial charge in [0.2, 0.25) is 5.91 Å². The number of halogens is 1. The van der Waals surface area contributed by atoms with Crippen LogP contribution in [0.1, 0.15) is 50.1 Å². The van der Waals surface area contributed by atoms with Gasteiger partial charge in [-0.15, -0.1) is 23.1 Å². The molecular formula is C39H32BrN5O4S2. The van der Waals surface area contributed by atoms with Crippen LogP contribution in [0, 0.1) is 18.3 Å². The number of nitrogens with one attached hydrogen (secondary N) is 4. The standard InChI is InChI=1S/C39H32BrN5O4S2/c1-3-33(37(48)45-39-31(23-41)24(2)34(51-39)38(49)42-28-13-8-5-9-14-28)50-30-16-10-15-29(22-30)43-36(47)32(21-25-17-19-27(40)20-18-25)44-35(46)26-11-6-4-7-12-26/h4-22,33H,3H2,1-2H3,(H,42,49)(H,43,47)(H,44,46)(H,45,48)/b32-21+. The molecule has 0 fully saturated rings. The Hall–Kier alpha value is -5.48. The van der Waals surface area contributed by atoms with Crippen molar-refractivity contribution in [2.75, 3.05) is 16.0 Å². The van der Waals surface area contributed by atoms with Crippen LogP contribution in [0.5, 0.6) is 0 Å². The highest BCUT2D eigenvalue weighted by atomic mass is 79.9. The van der Waals surface area contributed by atoms with Gasteiger partial charge < -0.3 is 21.3 Å². The van der Waals surface area contributed by atoms with Crippen LogP contribution >= 0.6 is 39.0 Å². The summed E-state index contributed by atoms with van der Waals surface area (Å²) in [6.07, 6.45) is 2.06. The fourth-order valence-electron chi connectivity index (χ4n) is 4.85. The SMILES string of the molecule is CCC(Sc1cccc(NC(=O)/C(=C\c2ccc(Br)cc2)NC(=O)c2ccccc2)c1)C(=O)Nc1sc(C(=O)Nc2ccccc2)c(C)c1C#N. The summed E-state index contributed by atoms with van der Waals surface area (Å²) in [5.41, 5.74) is 2.97. The van der Waals surface area contributed by atoms with E-state index in [1.807, 2.05) is 55.5 Å². The fourth-order valence-corrected chi connectivity index (χ4v) is 7.19. The molecular weight excluding hydrogens is 746 g/mol. The van der Waals surface area contributed by atoms with E-state index >= 15 is 0 Å². The number of carbonyl (C=O) groups is 4. The second kappa shape index (κ2) is 17.4. The molecule has 0 aliphatic heterocycles. The van der Waals surface area contributed by atoms with Gasteiger partial charge in [-0.25, -0.2) is 0 Å². The predicted molar refractivity (Wildman–Crippen MR) is 208 cm³/mol. The lowest BCUT2D eigenvalue weighted by atomic mass is 10.1. The fraction of sp³-hybridized carbons (Fsp3) is 0.103. The second-order valence-corrected chi connectivity index (χ2v) is 14.3. The highest BCUT2D eigenvalue weighted by molar-refractivity contribution is 9.10. The molecule has 1 atom stereocenters. The second-order valence-electron chi connectivity index (χ2n) is 11.1. The average molecular weight is 779 g/mol. The van der Waals surface area contributed by atoms with Gasteiger partial charge in [0.25, 0.3) is 17.7 Å². The summed E-state index contributed by atoms with van der Waals surface area (Å²) in [5.74, 6) is -1.65. The van der Waals surface area contributed by atoms with Gasteiger partial charge in [0.1, 0.15) is 16.8 Å². The summed E-state index contributed by atoms with van der Waals surface area (Å²) in [6.45, 7) is 3.56. The van der Waals surface area contributed by atoms with Gasteiger partial charge >= 0.3 is 0 Å². The minimum atomic E-state index is -0.551. The molecule has 4 aromatic carbocycles. The van der Waals surface area contributed by atoms with E-state index in [0.717, 1.165) is 15.8 Å². The van der Waals surface area contributed by atoms with Gasteiger partial charge in [0.05, 0.1) is 15.7 Å². The third-order valence-corrected chi connectivity index (χ3v) is 10.6. The van der Waals surface area contributed by atoms with Gasteiger partial charge in [0, 0.05) is 26.3 Å². The predicted octanol–water partition coefficient (Wildman–Crippen LogP) is 8.86. The molecule has 0 spiro atoms. The zero-order valence-corrected chi connectivity index (χ0v) is 30.7. The molecule has 0 aliphatic carbocycles. The van der Waals surface area contributed by atoms with Crippen molar-refractivity contribution in [1.29, 1.82) is 5.26 Å². The molecule has 51 heavy (non-hydrogen) atoms. The Kier molecular flexibility index (Phi) is 12.6. The number of para-hydroxylation sites is 1. The third-order valence-electron chi connectivity index (χ3n) is 7.48. The molecule has 5 aromatic rings. The van der Waals surface area contributed by atoms with Crippen molar-refractivity contribution < 1.29 is 19.2 Å². The first-order valence-electron chi connectivity index (χ1n) is 15.8. The number of benzene rings is 4. The van der Waals surface area contributed by atoms with Gasteiger partial charge in [0.15, 0.2) is 0 Å². The van der Waals surface area contributed by atoms with Gasteiger partial charge in [-0.2, -0.15) is 5.26 Å². The molecule has 0 saturated heterocycles. The zero-order chi connectivity index (χ0) is 36.3. The van der Waals surface area contributed by atoms with Crippen molar-refractivity contribution in [2.24, 2.45) is 0 Å².